The minimum atomic E-state index is -0.929. The van der Waals surface area contributed by atoms with Crippen LogP contribution in [0, 0.1) is 29.0 Å². The van der Waals surface area contributed by atoms with Crippen molar-refractivity contribution in [3.8, 4) is 17.3 Å². The number of benzene rings is 1. The molecule has 0 saturated heterocycles. The van der Waals surface area contributed by atoms with E-state index in [-0.39, 0.29) is 25.7 Å². The zero-order valence-electron chi connectivity index (χ0n) is 8.37. The molecule has 1 radical (unpaired) electrons. The molecule has 0 bridgehead atoms. The molecule has 0 spiro atoms. The van der Waals surface area contributed by atoms with Crippen molar-refractivity contribution in [1.29, 1.82) is 5.26 Å². The molecule has 0 unspecified atom stereocenters. The summed E-state index contributed by atoms with van der Waals surface area (Å²) in [5.74, 6) is -1.85. The van der Waals surface area contributed by atoms with E-state index in [1.165, 1.54) is 12.3 Å². The Labute approximate surface area is 110 Å². The molecule has 1 aromatic carbocycles. The number of nitrogens with zero attached hydrogens (tertiary/aromatic N) is 2. The van der Waals surface area contributed by atoms with Crippen molar-refractivity contribution in [1.82, 2.24) is 4.98 Å². The third-order valence-electron chi connectivity index (χ3n) is 2.05. The van der Waals surface area contributed by atoms with Crippen LogP contribution in [0.1, 0.15) is 5.56 Å². The van der Waals surface area contributed by atoms with Gasteiger partial charge in [-0.15, -0.1) is 12.1 Å². The minimum Gasteiger partial charge on any atom is -0.305 e. The molecule has 0 aliphatic carbocycles. The quantitative estimate of drug-likeness (QED) is 0.682. The Morgan fingerprint density at radius 3 is 2.65 bits per heavy atom. The van der Waals surface area contributed by atoms with E-state index in [2.05, 4.69) is 11.1 Å². The molecule has 2 aromatic rings. The van der Waals surface area contributed by atoms with Crippen molar-refractivity contribution in [3.05, 3.63) is 53.7 Å². The smallest absolute Gasteiger partial charge is 0.0848 e. The van der Waals surface area contributed by atoms with Crippen LogP contribution in [0.25, 0.3) is 11.3 Å². The summed E-state index contributed by atoms with van der Waals surface area (Å²) in [6.07, 6.45) is 1.48. The van der Waals surface area contributed by atoms with E-state index in [4.69, 9.17) is 5.26 Å². The molecule has 2 nitrogen and oxygen atoms in total. The maximum absolute atomic E-state index is 13.7. The molecule has 0 aliphatic rings. The normalized spacial score (nSPS) is 9.24. The largest absolute Gasteiger partial charge is 0.305 e. The van der Waals surface area contributed by atoms with E-state index in [0.717, 1.165) is 6.07 Å². The maximum atomic E-state index is 13.7. The van der Waals surface area contributed by atoms with Gasteiger partial charge in [-0.25, -0.2) is 0 Å². The number of pyridine rings is 1. The van der Waals surface area contributed by atoms with Gasteiger partial charge in [0.05, 0.1) is 17.7 Å². The topological polar surface area (TPSA) is 36.7 Å². The summed E-state index contributed by atoms with van der Waals surface area (Å²) in [6.45, 7) is 0. The first kappa shape index (κ1) is 13.4. The summed E-state index contributed by atoms with van der Waals surface area (Å²) in [6, 6.07) is 9.76. The van der Waals surface area contributed by atoms with E-state index in [1.54, 1.807) is 18.2 Å². The van der Waals surface area contributed by atoms with E-state index in [9.17, 15) is 8.78 Å². The predicted molar refractivity (Wildman–Crippen MR) is 53.1 cm³/mol. The third-order valence-corrected chi connectivity index (χ3v) is 2.05. The summed E-state index contributed by atoms with van der Waals surface area (Å²) < 4.78 is 26.7. The Kier molecular flexibility index (Phi) is 4.44. The number of halogens is 2. The monoisotopic (exact) mass is 408 g/mol. The van der Waals surface area contributed by atoms with Crippen LogP contribution in [0.3, 0.4) is 0 Å². The van der Waals surface area contributed by atoms with Crippen LogP contribution in [0.2, 0.25) is 0 Å². The summed E-state index contributed by atoms with van der Waals surface area (Å²) in [7, 11) is 0. The molecule has 2 rings (SSSR count). The van der Waals surface area contributed by atoms with Gasteiger partial charge in [0.2, 0.25) is 0 Å². The van der Waals surface area contributed by atoms with Gasteiger partial charge in [-0.05, 0) is 11.8 Å². The number of rotatable bonds is 1. The second kappa shape index (κ2) is 5.62. The fraction of sp³-hybridized carbons (Fsp3) is 0. The molecular formula is C12H5F2IrN2-. The van der Waals surface area contributed by atoms with Gasteiger partial charge in [0.15, 0.2) is 0 Å². The van der Waals surface area contributed by atoms with Crippen molar-refractivity contribution >= 4 is 0 Å². The third kappa shape index (κ3) is 2.55. The summed E-state index contributed by atoms with van der Waals surface area (Å²) in [5, 5.41) is 8.61. The molecule has 0 fully saturated rings. The van der Waals surface area contributed by atoms with E-state index in [0.29, 0.717) is 5.69 Å². The molecule has 0 amide bonds. The molecule has 0 N–H and O–H groups in total. The van der Waals surface area contributed by atoms with Crippen LogP contribution in [0.15, 0.2) is 30.5 Å². The van der Waals surface area contributed by atoms with Gasteiger partial charge < -0.3 is 4.98 Å². The van der Waals surface area contributed by atoms with Gasteiger partial charge in [-0.3, -0.25) is 8.78 Å². The summed E-state index contributed by atoms with van der Waals surface area (Å²) in [4.78, 5) is 3.91. The Bertz CT molecular complexity index is 565. The average molecular weight is 407 g/mol. The van der Waals surface area contributed by atoms with Crippen LogP contribution >= 0.6 is 0 Å². The van der Waals surface area contributed by atoms with Crippen molar-refractivity contribution in [3.63, 3.8) is 0 Å². The number of aromatic nitrogens is 1. The van der Waals surface area contributed by atoms with Gasteiger partial charge in [0.25, 0.3) is 0 Å². The van der Waals surface area contributed by atoms with Gasteiger partial charge in [-0.2, -0.15) is 5.26 Å². The Hall–Kier alpha value is -1.63. The van der Waals surface area contributed by atoms with Crippen LogP contribution in [0.5, 0.6) is 0 Å². The van der Waals surface area contributed by atoms with Gasteiger partial charge in [0.1, 0.15) is 0 Å². The predicted octanol–water partition coefficient (Wildman–Crippen LogP) is 2.70. The summed E-state index contributed by atoms with van der Waals surface area (Å²) >= 11 is 0. The van der Waals surface area contributed by atoms with Crippen molar-refractivity contribution in [2.45, 2.75) is 0 Å². The van der Waals surface area contributed by atoms with Crippen LogP contribution < -0.4 is 0 Å². The fourth-order valence-electron chi connectivity index (χ4n) is 1.30. The molecule has 0 saturated carbocycles. The second-order valence-corrected chi connectivity index (χ2v) is 3.03. The molecule has 1 aromatic heterocycles. The molecule has 1 heterocycles. The minimum absolute atomic E-state index is 0. The van der Waals surface area contributed by atoms with E-state index < -0.39 is 17.2 Å². The molecular weight excluding hydrogens is 402 g/mol. The van der Waals surface area contributed by atoms with Crippen molar-refractivity contribution in [2.75, 3.05) is 0 Å². The SMILES string of the molecule is N#Cc1c(F)c[c-]c(-c2ccccn2)c1F.[Ir]. The zero-order chi connectivity index (χ0) is 11.5. The van der Waals surface area contributed by atoms with Crippen LogP contribution in [-0.4, -0.2) is 4.98 Å². The number of hydrogen-bond donors (Lipinski definition) is 0. The number of nitriles is 1. The first-order valence-electron chi connectivity index (χ1n) is 4.45. The van der Waals surface area contributed by atoms with Gasteiger partial charge in [0, 0.05) is 31.9 Å². The Morgan fingerprint density at radius 1 is 1.29 bits per heavy atom. The first-order valence-corrected chi connectivity index (χ1v) is 4.45. The molecule has 0 aliphatic heterocycles. The molecule has 17 heavy (non-hydrogen) atoms. The average Bonchev–Trinajstić information content (AvgIpc) is 2.31. The summed E-state index contributed by atoms with van der Waals surface area (Å²) in [5.41, 5.74) is -0.297. The van der Waals surface area contributed by atoms with E-state index >= 15 is 0 Å². The standard InChI is InChI=1S/C12H5F2N2.Ir/c13-10-5-4-8(12(14)9(10)7-15)11-3-1-2-6-16-11;/h1-3,5-6H;/q-1;. The van der Waals surface area contributed by atoms with Crippen LogP contribution in [-0.2, 0) is 20.1 Å². The van der Waals surface area contributed by atoms with Crippen LogP contribution in [0.4, 0.5) is 8.78 Å². The van der Waals surface area contributed by atoms with Gasteiger partial charge >= 0.3 is 0 Å². The van der Waals surface area contributed by atoms with Gasteiger partial charge in [-0.1, -0.05) is 17.7 Å². The fourth-order valence-corrected chi connectivity index (χ4v) is 1.30. The molecule has 5 heteroatoms. The Balaban J connectivity index is 0.00000144. The van der Waals surface area contributed by atoms with Crippen molar-refractivity contribution in [2.24, 2.45) is 0 Å². The molecule has 0 atom stereocenters. The zero-order valence-corrected chi connectivity index (χ0v) is 10.8. The number of hydrogen-bond acceptors (Lipinski definition) is 2. The van der Waals surface area contributed by atoms with Crippen molar-refractivity contribution < 1.29 is 28.9 Å². The molecule has 87 valence electrons. The van der Waals surface area contributed by atoms with E-state index in [1.807, 2.05) is 0 Å². The first-order chi connectivity index (χ1) is 7.74. The maximum Gasteiger partial charge on any atom is 0.0848 e. The Morgan fingerprint density at radius 2 is 2.06 bits per heavy atom. The second-order valence-electron chi connectivity index (χ2n) is 3.03.